The van der Waals surface area contributed by atoms with Crippen molar-refractivity contribution in [2.24, 2.45) is 0 Å². The molecule has 0 spiro atoms. The van der Waals surface area contributed by atoms with Gasteiger partial charge in [0.1, 0.15) is 5.75 Å². The third kappa shape index (κ3) is 4.96. The molecule has 0 saturated heterocycles. The minimum Gasteiger partial charge on any atom is -0.481 e. The lowest BCUT2D eigenvalue weighted by Gasteiger charge is -2.18. The predicted octanol–water partition coefficient (Wildman–Crippen LogP) is 3.41. The van der Waals surface area contributed by atoms with Gasteiger partial charge < -0.3 is 10.1 Å². The van der Waals surface area contributed by atoms with Crippen LogP contribution in [0, 0.1) is 0 Å². The summed E-state index contributed by atoms with van der Waals surface area (Å²) in [5, 5.41) is 3.52. The highest BCUT2D eigenvalue weighted by molar-refractivity contribution is 6.30. The summed E-state index contributed by atoms with van der Waals surface area (Å²) < 4.78 is 5.54. The summed E-state index contributed by atoms with van der Waals surface area (Å²) in [6.45, 7) is 5.82. The van der Waals surface area contributed by atoms with Crippen molar-refractivity contribution < 1.29 is 9.53 Å². The molecule has 0 bridgehead atoms. The van der Waals surface area contributed by atoms with E-state index >= 15 is 0 Å². The van der Waals surface area contributed by atoms with Crippen molar-refractivity contribution in [3.63, 3.8) is 0 Å². The lowest BCUT2D eigenvalue weighted by atomic mass is 10.2. The van der Waals surface area contributed by atoms with Crippen LogP contribution in [0.1, 0.15) is 33.6 Å². The molecule has 0 aromatic heterocycles. The van der Waals surface area contributed by atoms with Crippen LogP contribution in [-0.2, 0) is 4.79 Å². The van der Waals surface area contributed by atoms with Gasteiger partial charge >= 0.3 is 0 Å². The summed E-state index contributed by atoms with van der Waals surface area (Å²) in [7, 11) is 0. The van der Waals surface area contributed by atoms with Gasteiger partial charge in [0.15, 0.2) is 6.10 Å². The number of rotatable bonds is 6. The number of nitrogens with one attached hydrogen (secondary N) is 1. The Morgan fingerprint density at radius 1 is 1.44 bits per heavy atom. The first-order valence-corrected chi connectivity index (χ1v) is 6.63. The van der Waals surface area contributed by atoms with Gasteiger partial charge in [-0.25, -0.2) is 0 Å². The SMILES string of the molecule is CCC[C@@H](C)NC(=O)[C@@H](C)Oc1cccc(Cl)c1. The van der Waals surface area contributed by atoms with E-state index in [1.807, 2.05) is 6.92 Å². The second-order valence-electron chi connectivity index (χ2n) is 4.42. The van der Waals surface area contributed by atoms with Crippen molar-refractivity contribution in [3.8, 4) is 5.75 Å². The standard InChI is InChI=1S/C14H20ClNO2/c1-4-6-10(2)16-14(17)11(3)18-13-8-5-7-12(15)9-13/h5,7-11H,4,6H2,1-3H3,(H,16,17)/t10-,11-/m1/s1. The average Bonchev–Trinajstić information content (AvgIpc) is 2.29. The van der Waals surface area contributed by atoms with Crippen molar-refractivity contribution in [2.45, 2.75) is 45.8 Å². The number of halogens is 1. The molecule has 1 aromatic carbocycles. The van der Waals surface area contributed by atoms with Crippen LogP contribution in [0.2, 0.25) is 5.02 Å². The molecule has 0 aliphatic heterocycles. The van der Waals surface area contributed by atoms with Gasteiger partial charge in [-0.1, -0.05) is 31.0 Å². The fraction of sp³-hybridized carbons (Fsp3) is 0.500. The van der Waals surface area contributed by atoms with Crippen LogP contribution in [0.5, 0.6) is 5.75 Å². The highest BCUT2D eigenvalue weighted by Gasteiger charge is 2.16. The highest BCUT2D eigenvalue weighted by Crippen LogP contribution is 2.18. The van der Waals surface area contributed by atoms with E-state index in [0.29, 0.717) is 10.8 Å². The first-order chi connectivity index (χ1) is 8.52. The molecular weight excluding hydrogens is 250 g/mol. The van der Waals surface area contributed by atoms with Crippen molar-refractivity contribution in [1.82, 2.24) is 5.32 Å². The molecule has 1 rings (SSSR count). The van der Waals surface area contributed by atoms with Crippen molar-refractivity contribution in [1.29, 1.82) is 0 Å². The van der Waals surface area contributed by atoms with Crippen LogP contribution in [0.4, 0.5) is 0 Å². The molecule has 0 aliphatic carbocycles. The zero-order chi connectivity index (χ0) is 13.5. The first-order valence-electron chi connectivity index (χ1n) is 6.25. The molecule has 1 amide bonds. The summed E-state index contributed by atoms with van der Waals surface area (Å²) in [5.74, 6) is 0.504. The second kappa shape index (κ2) is 7.27. The average molecular weight is 270 g/mol. The van der Waals surface area contributed by atoms with E-state index in [9.17, 15) is 4.79 Å². The zero-order valence-corrected chi connectivity index (χ0v) is 11.8. The summed E-state index contributed by atoms with van der Waals surface area (Å²) in [6.07, 6.45) is 1.49. The van der Waals surface area contributed by atoms with Gasteiger partial charge in [-0.15, -0.1) is 0 Å². The molecule has 1 N–H and O–H groups in total. The molecule has 0 radical (unpaired) electrons. The Balaban J connectivity index is 2.49. The summed E-state index contributed by atoms with van der Waals surface area (Å²) >= 11 is 5.85. The van der Waals surface area contributed by atoms with Gasteiger partial charge in [0, 0.05) is 11.1 Å². The molecule has 0 saturated carbocycles. The van der Waals surface area contributed by atoms with Crippen LogP contribution in [0.25, 0.3) is 0 Å². The number of carbonyl (C=O) groups excluding carboxylic acids is 1. The molecule has 0 aliphatic rings. The summed E-state index contributed by atoms with van der Waals surface area (Å²) in [5.41, 5.74) is 0. The predicted molar refractivity (Wildman–Crippen MR) is 74.1 cm³/mol. The maximum atomic E-state index is 11.8. The molecular formula is C14H20ClNO2. The van der Waals surface area contributed by atoms with Crippen molar-refractivity contribution >= 4 is 17.5 Å². The third-order valence-electron chi connectivity index (χ3n) is 2.59. The van der Waals surface area contributed by atoms with E-state index in [0.717, 1.165) is 12.8 Å². The number of hydrogen-bond acceptors (Lipinski definition) is 2. The number of ether oxygens (including phenoxy) is 1. The van der Waals surface area contributed by atoms with Gasteiger partial charge in [-0.05, 0) is 38.5 Å². The Morgan fingerprint density at radius 3 is 2.78 bits per heavy atom. The molecule has 0 heterocycles. The maximum absolute atomic E-state index is 11.8. The van der Waals surface area contributed by atoms with E-state index in [1.54, 1.807) is 31.2 Å². The molecule has 2 atom stereocenters. The lowest BCUT2D eigenvalue weighted by molar-refractivity contribution is -0.127. The van der Waals surface area contributed by atoms with E-state index in [-0.39, 0.29) is 11.9 Å². The molecule has 4 heteroatoms. The van der Waals surface area contributed by atoms with Crippen molar-refractivity contribution in [2.75, 3.05) is 0 Å². The van der Waals surface area contributed by atoms with Gasteiger partial charge in [-0.3, -0.25) is 4.79 Å². The Kier molecular flexibility index (Phi) is 5.99. The Labute approximate surface area is 113 Å². The molecule has 3 nitrogen and oxygen atoms in total. The smallest absolute Gasteiger partial charge is 0.260 e. The number of hydrogen-bond donors (Lipinski definition) is 1. The van der Waals surface area contributed by atoms with E-state index in [2.05, 4.69) is 12.2 Å². The number of carbonyl (C=O) groups is 1. The van der Waals surface area contributed by atoms with E-state index in [4.69, 9.17) is 16.3 Å². The van der Waals surface area contributed by atoms with Crippen molar-refractivity contribution in [3.05, 3.63) is 29.3 Å². The molecule has 100 valence electrons. The van der Waals surface area contributed by atoms with Gasteiger partial charge in [0.25, 0.3) is 5.91 Å². The van der Waals surface area contributed by atoms with Crippen LogP contribution in [0.15, 0.2) is 24.3 Å². The monoisotopic (exact) mass is 269 g/mol. The topological polar surface area (TPSA) is 38.3 Å². The molecule has 0 unspecified atom stereocenters. The van der Waals surface area contributed by atoms with Crippen LogP contribution in [0.3, 0.4) is 0 Å². The largest absolute Gasteiger partial charge is 0.481 e. The Morgan fingerprint density at radius 2 is 2.17 bits per heavy atom. The fourth-order valence-corrected chi connectivity index (χ4v) is 1.84. The van der Waals surface area contributed by atoms with Gasteiger partial charge in [-0.2, -0.15) is 0 Å². The van der Waals surface area contributed by atoms with Crippen LogP contribution >= 0.6 is 11.6 Å². The molecule has 0 fully saturated rings. The van der Waals surface area contributed by atoms with E-state index in [1.165, 1.54) is 0 Å². The minimum absolute atomic E-state index is 0.101. The Hall–Kier alpha value is -1.22. The quantitative estimate of drug-likeness (QED) is 0.859. The lowest BCUT2D eigenvalue weighted by Crippen LogP contribution is -2.41. The molecule has 1 aromatic rings. The first kappa shape index (κ1) is 14.8. The zero-order valence-electron chi connectivity index (χ0n) is 11.1. The Bertz CT molecular complexity index is 395. The molecule has 18 heavy (non-hydrogen) atoms. The van der Waals surface area contributed by atoms with Gasteiger partial charge in [0.2, 0.25) is 0 Å². The third-order valence-corrected chi connectivity index (χ3v) is 2.82. The second-order valence-corrected chi connectivity index (χ2v) is 4.85. The van der Waals surface area contributed by atoms with Gasteiger partial charge in [0.05, 0.1) is 0 Å². The minimum atomic E-state index is -0.525. The summed E-state index contributed by atoms with van der Waals surface area (Å²) in [6, 6.07) is 7.21. The van der Waals surface area contributed by atoms with E-state index < -0.39 is 6.10 Å². The summed E-state index contributed by atoms with van der Waals surface area (Å²) in [4.78, 5) is 11.8. The number of amides is 1. The maximum Gasteiger partial charge on any atom is 0.260 e. The fourth-order valence-electron chi connectivity index (χ4n) is 1.66. The normalized spacial score (nSPS) is 13.8. The highest BCUT2D eigenvalue weighted by atomic mass is 35.5. The number of benzene rings is 1. The van der Waals surface area contributed by atoms with Crippen LogP contribution < -0.4 is 10.1 Å². The van der Waals surface area contributed by atoms with Crippen LogP contribution in [-0.4, -0.2) is 18.1 Å².